The Balaban J connectivity index is 1.82. The predicted molar refractivity (Wildman–Crippen MR) is 141 cm³/mol. The van der Waals surface area contributed by atoms with Gasteiger partial charge in [-0.1, -0.05) is 24.3 Å². The molecule has 0 spiro atoms. The Morgan fingerprint density at radius 1 is 1.03 bits per heavy atom. The number of aromatic nitrogens is 3. The Bertz CT molecular complexity index is 1600. The molecule has 0 saturated heterocycles. The van der Waals surface area contributed by atoms with Crippen LogP contribution < -0.4 is 10.1 Å². The van der Waals surface area contributed by atoms with Crippen LogP contribution in [0, 0.1) is 0 Å². The lowest BCUT2D eigenvalue weighted by molar-refractivity contribution is -0.114. The van der Waals surface area contributed by atoms with Gasteiger partial charge in [0, 0.05) is 34.6 Å². The van der Waals surface area contributed by atoms with Crippen LogP contribution in [-0.2, 0) is 16.1 Å². The van der Waals surface area contributed by atoms with Gasteiger partial charge in [-0.2, -0.15) is 8.75 Å². The van der Waals surface area contributed by atoms with E-state index in [9.17, 15) is 9.59 Å². The number of esters is 1. The lowest BCUT2D eigenvalue weighted by Crippen LogP contribution is -2.14. The molecule has 0 aliphatic heterocycles. The lowest BCUT2D eigenvalue weighted by atomic mass is 10.0. The molecule has 0 saturated carbocycles. The number of amides is 1. The number of ether oxygens (including phenoxy) is 2. The van der Waals surface area contributed by atoms with Crippen LogP contribution in [0.5, 0.6) is 5.75 Å². The van der Waals surface area contributed by atoms with Crippen molar-refractivity contribution in [1.82, 2.24) is 13.3 Å². The summed E-state index contributed by atoms with van der Waals surface area (Å²) in [7, 11) is 1.63. The molecule has 1 amide bonds. The van der Waals surface area contributed by atoms with E-state index < -0.39 is 5.97 Å². The van der Waals surface area contributed by atoms with Gasteiger partial charge < -0.3 is 19.4 Å². The van der Waals surface area contributed by atoms with E-state index >= 15 is 0 Å². The Hall–Kier alpha value is -4.24. The quantitative estimate of drug-likeness (QED) is 0.296. The molecule has 0 fully saturated rings. The van der Waals surface area contributed by atoms with Crippen molar-refractivity contribution in [2.45, 2.75) is 20.4 Å². The van der Waals surface area contributed by atoms with Crippen LogP contribution in [0.15, 0.2) is 60.7 Å². The monoisotopic (exact) mass is 500 g/mol. The fourth-order valence-electron chi connectivity index (χ4n) is 4.45. The molecule has 0 atom stereocenters. The number of anilines is 1. The molecular weight excluding hydrogens is 476 g/mol. The molecule has 5 rings (SSSR count). The van der Waals surface area contributed by atoms with Crippen LogP contribution in [0.4, 0.5) is 5.69 Å². The maximum absolute atomic E-state index is 13.5. The summed E-state index contributed by atoms with van der Waals surface area (Å²) < 4.78 is 21.7. The van der Waals surface area contributed by atoms with Gasteiger partial charge in [0.15, 0.2) is 0 Å². The minimum absolute atomic E-state index is 0.176. The van der Waals surface area contributed by atoms with Gasteiger partial charge in [0.2, 0.25) is 5.91 Å². The highest BCUT2D eigenvalue weighted by molar-refractivity contribution is 7.00. The maximum atomic E-state index is 13.5. The zero-order chi connectivity index (χ0) is 25.2. The molecule has 0 aliphatic carbocycles. The average molecular weight is 501 g/mol. The number of carbonyl (C=O) groups is 2. The number of nitrogens with zero attached hydrogens (tertiary/aromatic N) is 3. The van der Waals surface area contributed by atoms with Crippen molar-refractivity contribution in [1.29, 1.82) is 0 Å². The van der Waals surface area contributed by atoms with E-state index in [1.807, 2.05) is 65.2 Å². The Labute approximate surface area is 211 Å². The van der Waals surface area contributed by atoms with Crippen molar-refractivity contribution in [3.05, 3.63) is 71.9 Å². The SMILES string of the molecule is CCOC(=O)c1c(-c2ccc3nsnc3c2)c2cc(NC(C)=O)ccc2n1Cc1ccccc1OC. The summed E-state index contributed by atoms with van der Waals surface area (Å²) in [6.45, 7) is 3.87. The van der Waals surface area contributed by atoms with Gasteiger partial charge in [-0.25, -0.2) is 4.79 Å². The summed E-state index contributed by atoms with van der Waals surface area (Å²) in [4.78, 5) is 25.3. The predicted octanol–water partition coefficient (Wildman–Crippen LogP) is 5.51. The van der Waals surface area contributed by atoms with Gasteiger partial charge in [-0.15, -0.1) is 0 Å². The molecule has 9 heteroatoms. The molecule has 3 aromatic carbocycles. The van der Waals surface area contributed by atoms with Crippen molar-refractivity contribution >= 4 is 51.2 Å². The molecule has 0 radical (unpaired) electrons. The molecule has 36 heavy (non-hydrogen) atoms. The zero-order valence-electron chi connectivity index (χ0n) is 20.1. The third kappa shape index (κ3) is 4.29. The van der Waals surface area contributed by atoms with Crippen molar-refractivity contribution in [3.8, 4) is 16.9 Å². The largest absolute Gasteiger partial charge is 0.496 e. The zero-order valence-corrected chi connectivity index (χ0v) is 20.9. The molecule has 182 valence electrons. The van der Waals surface area contributed by atoms with Crippen LogP contribution in [0.2, 0.25) is 0 Å². The highest BCUT2D eigenvalue weighted by Crippen LogP contribution is 2.39. The number of hydrogen-bond donors (Lipinski definition) is 1. The summed E-state index contributed by atoms with van der Waals surface area (Å²) >= 11 is 1.14. The number of fused-ring (bicyclic) bond motifs is 2. The first-order chi connectivity index (χ1) is 17.5. The number of methoxy groups -OCH3 is 1. The van der Waals surface area contributed by atoms with Gasteiger partial charge in [-0.05, 0) is 48.9 Å². The molecule has 2 heterocycles. The number of nitrogens with one attached hydrogen (secondary N) is 1. The highest BCUT2D eigenvalue weighted by atomic mass is 32.1. The average Bonchev–Trinajstić information content (AvgIpc) is 3.46. The topological polar surface area (TPSA) is 95.3 Å². The molecule has 0 aliphatic rings. The number of para-hydroxylation sites is 1. The Morgan fingerprint density at radius 2 is 1.83 bits per heavy atom. The van der Waals surface area contributed by atoms with Crippen LogP contribution in [0.3, 0.4) is 0 Å². The van der Waals surface area contributed by atoms with Crippen molar-refractivity contribution < 1.29 is 19.1 Å². The fourth-order valence-corrected chi connectivity index (χ4v) is 4.96. The summed E-state index contributed by atoms with van der Waals surface area (Å²) in [6.07, 6.45) is 0. The van der Waals surface area contributed by atoms with Crippen molar-refractivity contribution in [2.75, 3.05) is 19.0 Å². The highest BCUT2D eigenvalue weighted by Gasteiger charge is 2.26. The van der Waals surface area contributed by atoms with Crippen molar-refractivity contribution in [2.24, 2.45) is 0 Å². The molecule has 2 aromatic heterocycles. The van der Waals surface area contributed by atoms with E-state index in [0.717, 1.165) is 50.5 Å². The third-order valence-corrected chi connectivity index (χ3v) is 6.47. The van der Waals surface area contributed by atoms with Gasteiger partial charge in [0.05, 0.1) is 32.0 Å². The van der Waals surface area contributed by atoms with Gasteiger partial charge in [0.1, 0.15) is 22.5 Å². The number of carbonyl (C=O) groups excluding carboxylic acids is 2. The van der Waals surface area contributed by atoms with Crippen LogP contribution >= 0.6 is 11.7 Å². The normalized spacial score (nSPS) is 11.1. The van der Waals surface area contributed by atoms with E-state index in [1.165, 1.54) is 6.92 Å². The summed E-state index contributed by atoms with van der Waals surface area (Å²) in [5.74, 6) is 0.113. The standard InChI is InChI=1S/C27H24N4O4S/c1-4-35-27(33)26-25(17-9-11-21-22(13-17)30-36-29-21)20-14-19(28-16(2)32)10-12-23(20)31(26)15-18-7-5-6-8-24(18)34-3/h5-14H,4,15H2,1-3H3,(H,28,32). The number of benzene rings is 3. The van der Waals surface area contributed by atoms with E-state index in [1.54, 1.807) is 14.0 Å². The van der Waals surface area contributed by atoms with Crippen molar-refractivity contribution in [3.63, 3.8) is 0 Å². The second-order valence-corrected chi connectivity index (χ2v) is 8.75. The van der Waals surface area contributed by atoms with Gasteiger partial charge in [0.25, 0.3) is 0 Å². The molecule has 1 N–H and O–H groups in total. The second-order valence-electron chi connectivity index (χ2n) is 8.22. The Morgan fingerprint density at radius 3 is 2.61 bits per heavy atom. The van der Waals surface area contributed by atoms with Gasteiger partial charge in [-0.3, -0.25) is 4.79 Å². The first-order valence-corrected chi connectivity index (χ1v) is 12.2. The van der Waals surface area contributed by atoms with Gasteiger partial charge >= 0.3 is 5.97 Å². The summed E-state index contributed by atoms with van der Waals surface area (Å²) in [5.41, 5.74) is 5.85. The first-order valence-electron chi connectivity index (χ1n) is 11.5. The minimum Gasteiger partial charge on any atom is -0.496 e. The van der Waals surface area contributed by atoms with E-state index in [4.69, 9.17) is 9.47 Å². The number of rotatable bonds is 7. The molecular formula is C27H24N4O4S. The second kappa shape index (κ2) is 9.79. The molecule has 0 bridgehead atoms. The molecule has 5 aromatic rings. The Kier molecular flexibility index (Phi) is 6.39. The molecule has 0 unspecified atom stereocenters. The molecule has 8 nitrogen and oxygen atoms in total. The van der Waals surface area contributed by atoms with Crippen LogP contribution in [0.1, 0.15) is 29.9 Å². The third-order valence-electron chi connectivity index (χ3n) is 5.92. The first kappa shape index (κ1) is 23.5. The summed E-state index contributed by atoms with van der Waals surface area (Å²) in [5, 5.41) is 3.65. The van der Waals surface area contributed by atoms with E-state index in [2.05, 4.69) is 14.1 Å². The minimum atomic E-state index is -0.434. The number of hydrogen-bond acceptors (Lipinski definition) is 7. The lowest BCUT2D eigenvalue weighted by Gasteiger charge is -2.14. The van der Waals surface area contributed by atoms with E-state index in [0.29, 0.717) is 23.5 Å². The van der Waals surface area contributed by atoms with E-state index in [-0.39, 0.29) is 12.5 Å². The van der Waals surface area contributed by atoms with Crippen LogP contribution in [-0.4, -0.2) is 38.9 Å². The summed E-state index contributed by atoms with van der Waals surface area (Å²) in [6, 6.07) is 19.1. The van der Waals surface area contributed by atoms with Crippen LogP contribution in [0.25, 0.3) is 33.1 Å². The smallest absolute Gasteiger partial charge is 0.355 e. The fraction of sp³-hybridized carbons (Fsp3) is 0.185. The maximum Gasteiger partial charge on any atom is 0.355 e.